The highest BCUT2D eigenvalue weighted by Crippen LogP contribution is 2.28. The van der Waals surface area contributed by atoms with Crippen molar-refractivity contribution in [2.75, 3.05) is 13.1 Å². The van der Waals surface area contributed by atoms with Crippen molar-refractivity contribution in [3.63, 3.8) is 0 Å². The van der Waals surface area contributed by atoms with Crippen LogP contribution in [0.3, 0.4) is 0 Å². The van der Waals surface area contributed by atoms with Crippen molar-refractivity contribution in [2.24, 2.45) is 0 Å². The smallest absolute Gasteiger partial charge is 0.290 e. The predicted molar refractivity (Wildman–Crippen MR) is 83.9 cm³/mol. The monoisotopic (exact) mass is 329 g/mol. The second kappa shape index (κ2) is 7.20. The molecule has 1 aliphatic heterocycles. The Bertz CT molecular complexity index is 708. The van der Waals surface area contributed by atoms with Gasteiger partial charge in [-0.05, 0) is 12.8 Å². The van der Waals surface area contributed by atoms with Gasteiger partial charge in [0.1, 0.15) is 0 Å². The van der Waals surface area contributed by atoms with E-state index >= 15 is 0 Å². The zero-order chi connectivity index (χ0) is 16.9. The molecule has 1 fully saturated rings. The molecule has 0 saturated carbocycles. The molecule has 3 rings (SSSR count). The molecule has 8 nitrogen and oxygen atoms in total. The summed E-state index contributed by atoms with van der Waals surface area (Å²) in [5.74, 6) is 0.171. The van der Waals surface area contributed by atoms with Crippen molar-refractivity contribution in [2.45, 2.75) is 32.2 Å². The highest BCUT2D eigenvalue weighted by atomic mass is 16.5. The Balaban J connectivity index is 1.65. The van der Waals surface area contributed by atoms with Crippen LogP contribution in [-0.4, -0.2) is 44.9 Å². The van der Waals surface area contributed by atoms with Crippen molar-refractivity contribution < 1.29 is 14.1 Å². The Labute approximate surface area is 139 Å². The van der Waals surface area contributed by atoms with E-state index in [1.807, 2.05) is 4.90 Å². The van der Waals surface area contributed by atoms with Gasteiger partial charge >= 0.3 is 0 Å². The lowest BCUT2D eigenvalue weighted by atomic mass is 9.92. The SMILES string of the molecule is CC(=O)N1CCC(c2nccnc2CNC(=O)c2ccno2)CC1. The Kier molecular flexibility index (Phi) is 4.83. The summed E-state index contributed by atoms with van der Waals surface area (Å²) in [5, 5.41) is 6.28. The maximum atomic E-state index is 11.9. The minimum Gasteiger partial charge on any atom is -0.351 e. The van der Waals surface area contributed by atoms with Crippen LogP contribution >= 0.6 is 0 Å². The van der Waals surface area contributed by atoms with Crippen LogP contribution in [0.4, 0.5) is 0 Å². The molecule has 8 heteroatoms. The Morgan fingerprint density at radius 2 is 2.00 bits per heavy atom. The second-order valence-electron chi connectivity index (χ2n) is 5.73. The van der Waals surface area contributed by atoms with Gasteiger partial charge in [0.15, 0.2) is 0 Å². The number of rotatable bonds is 4. The van der Waals surface area contributed by atoms with Crippen molar-refractivity contribution in [1.29, 1.82) is 0 Å². The minimum absolute atomic E-state index is 0.104. The molecule has 1 N–H and O–H groups in total. The van der Waals surface area contributed by atoms with Gasteiger partial charge in [0.2, 0.25) is 11.7 Å². The molecular formula is C16H19N5O3. The third kappa shape index (κ3) is 3.58. The summed E-state index contributed by atoms with van der Waals surface area (Å²) < 4.78 is 4.83. The molecule has 0 aliphatic carbocycles. The summed E-state index contributed by atoms with van der Waals surface area (Å²) >= 11 is 0. The van der Waals surface area contributed by atoms with Gasteiger partial charge in [0.05, 0.1) is 24.1 Å². The average molecular weight is 329 g/mol. The molecule has 0 atom stereocenters. The van der Waals surface area contributed by atoms with Gasteiger partial charge in [0.25, 0.3) is 5.91 Å². The Morgan fingerprint density at radius 3 is 2.67 bits per heavy atom. The lowest BCUT2D eigenvalue weighted by molar-refractivity contribution is -0.129. The number of amides is 2. The van der Waals surface area contributed by atoms with Crippen molar-refractivity contribution in [3.05, 3.63) is 41.8 Å². The largest absolute Gasteiger partial charge is 0.351 e. The number of likely N-dealkylation sites (tertiary alicyclic amines) is 1. The van der Waals surface area contributed by atoms with Crippen molar-refractivity contribution in [1.82, 2.24) is 25.3 Å². The molecule has 1 aliphatic rings. The molecule has 0 unspecified atom stereocenters. The summed E-state index contributed by atoms with van der Waals surface area (Å²) in [5.41, 5.74) is 1.63. The maximum Gasteiger partial charge on any atom is 0.290 e. The molecule has 3 heterocycles. The normalized spacial score (nSPS) is 15.3. The number of nitrogens with zero attached hydrogens (tertiary/aromatic N) is 4. The van der Waals surface area contributed by atoms with Gasteiger partial charge in [-0.15, -0.1) is 0 Å². The number of aromatic nitrogens is 3. The van der Waals surface area contributed by atoms with Crippen LogP contribution < -0.4 is 5.32 Å². The summed E-state index contributed by atoms with van der Waals surface area (Å²) in [6.45, 7) is 3.31. The molecule has 2 aromatic rings. The van der Waals surface area contributed by atoms with E-state index in [0.29, 0.717) is 0 Å². The van der Waals surface area contributed by atoms with Gasteiger partial charge in [-0.25, -0.2) is 0 Å². The first kappa shape index (κ1) is 16.1. The molecule has 1 saturated heterocycles. The first-order chi connectivity index (χ1) is 11.6. The molecule has 126 valence electrons. The lowest BCUT2D eigenvalue weighted by Gasteiger charge is -2.31. The van der Waals surface area contributed by atoms with Gasteiger partial charge < -0.3 is 14.7 Å². The molecular weight excluding hydrogens is 310 g/mol. The van der Waals surface area contributed by atoms with E-state index in [1.54, 1.807) is 19.3 Å². The Morgan fingerprint density at radius 1 is 1.25 bits per heavy atom. The van der Waals surface area contributed by atoms with Gasteiger partial charge in [0, 0.05) is 44.4 Å². The van der Waals surface area contributed by atoms with E-state index in [1.165, 1.54) is 12.3 Å². The van der Waals surface area contributed by atoms with E-state index in [9.17, 15) is 9.59 Å². The highest BCUT2D eigenvalue weighted by Gasteiger charge is 2.25. The number of carbonyl (C=O) groups excluding carboxylic acids is 2. The van der Waals surface area contributed by atoms with Crippen LogP contribution in [0.25, 0.3) is 0 Å². The zero-order valence-corrected chi connectivity index (χ0v) is 13.4. The first-order valence-corrected chi connectivity index (χ1v) is 7.89. The predicted octanol–water partition coefficient (Wildman–Crippen LogP) is 1.12. The fourth-order valence-corrected chi connectivity index (χ4v) is 2.91. The maximum absolute atomic E-state index is 11.9. The quantitative estimate of drug-likeness (QED) is 0.902. The van der Waals surface area contributed by atoms with Crippen LogP contribution in [0.1, 0.15) is 47.6 Å². The molecule has 2 aromatic heterocycles. The van der Waals surface area contributed by atoms with E-state index < -0.39 is 0 Å². The summed E-state index contributed by atoms with van der Waals surface area (Å²) in [6, 6.07) is 1.50. The van der Waals surface area contributed by atoms with Gasteiger partial charge in [-0.1, -0.05) is 5.16 Å². The van der Waals surface area contributed by atoms with E-state index in [2.05, 4.69) is 20.4 Å². The van der Waals surface area contributed by atoms with Crippen LogP contribution in [0.5, 0.6) is 0 Å². The van der Waals surface area contributed by atoms with Crippen LogP contribution in [0, 0.1) is 0 Å². The Hall–Kier alpha value is -2.77. The fourth-order valence-electron chi connectivity index (χ4n) is 2.91. The standard InChI is InChI=1S/C16H19N5O3/c1-11(22)21-8-3-12(4-9-21)15-13(17-6-7-18-15)10-19-16(23)14-2-5-20-24-14/h2,5-7,12H,3-4,8-10H2,1H3,(H,19,23). The summed E-state index contributed by atoms with van der Waals surface area (Å²) in [7, 11) is 0. The van der Waals surface area contributed by atoms with Gasteiger partial charge in [-0.2, -0.15) is 0 Å². The zero-order valence-electron chi connectivity index (χ0n) is 13.4. The molecule has 0 spiro atoms. The van der Waals surface area contributed by atoms with Gasteiger partial charge in [-0.3, -0.25) is 19.6 Å². The summed E-state index contributed by atoms with van der Waals surface area (Å²) in [4.78, 5) is 34.0. The number of nitrogens with one attached hydrogen (secondary N) is 1. The number of carbonyl (C=O) groups is 2. The second-order valence-corrected chi connectivity index (χ2v) is 5.73. The van der Waals surface area contributed by atoms with Crippen LogP contribution in [0.15, 0.2) is 29.2 Å². The third-order valence-corrected chi connectivity index (χ3v) is 4.21. The average Bonchev–Trinajstić information content (AvgIpc) is 3.15. The van der Waals surface area contributed by atoms with E-state index in [4.69, 9.17) is 4.52 Å². The number of piperidine rings is 1. The number of hydrogen-bond donors (Lipinski definition) is 1. The van der Waals surface area contributed by atoms with Crippen molar-refractivity contribution in [3.8, 4) is 0 Å². The topological polar surface area (TPSA) is 101 Å². The first-order valence-electron chi connectivity index (χ1n) is 7.89. The minimum atomic E-state index is -0.337. The van der Waals surface area contributed by atoms with E-state index in [0.717, 1.165) is 37.3 Å². The summed E-state index contributed by atoms with van der Waals surface area (Å²) in [6.07, 6.45) is 6.40. The van der Waals surface area contributed by atoms with Crippen molar-refractivity contribution >= 4 is 11.8 Å². The highest BCUT2D eigenvalue weighted by molar-refractivity contribution is 5.91. The van der Waals surface area contributed by atoms with E-state index in [-0.39, 0.29) is 30.0 Å². The van der Waals surface area contributed by atoms with Crippen LogP contribution in [0.2, 0.25) is 0 Å². The molecule has 24 heavy (non-hydrogen) atoms. The third-order valence-electron chi connectivity index (χ3n) is 4.21. The molecule has 0 radical (unpaired) electrons. The molecule has 0 bridgehead atoms. The van der Waals surface area contributed by atoms with Crippen LogP contribution in [-0.2, 0) is 11.3 Å². The number of hydrogen-bond acceptors (Lipinski definition) is 6. The molecule has 0 aromatic carbocycles. The lowest BCUT2D eigenvalue weighted by Crippen LogP contribution is -2.37. The fraction of sp³-hybridized carbons (Fsp3) is 0.438. The molecule has 2 amide bonds.